The molecule has 4 rings (SSSR count). The fourth-order valence-electron chi connectivity index (χ4n) is 3.52. The number of nitrogens with zero attached hydrogens (tertiary/aromatic N) is 1. The Hall–Kier alpha value is -3.24. The third-order valence-corrected chi connectivity index (χ3v) is 7.15. The van der Waals surface area contributed by atoms with Crippen LogP contribution in [0.25, 0.3) is 10.6 Å². The summed E-state index contributed by atoms with van der Waals surface area (Å²) in [6.45, 7) is -0.491. The molecule has 10 heteroatoms. The smallest absolute Gasteiger partial charge is 0.358 e. The number of carbonyl (C=O) groups is 3. The first-order valence-corrected chi connectivity index (χ1v) is 11.7. The highest BCUT2D eigenvalue weighted by Gasteiger charge is 2.25. The van der Waals surface area contributed by atoms with Crippen molar-refractivity contribution >= 4 is 45.5 Å². The van der Waals surface area contributed by atoms with Crippen LogP contribution in [-0.4, -0.2) is 36.5 Å². The molecule has 1 aliphatic rings. The fraction of sp³-hybridized carbons (Fsp3) is 0.273. The first kappa shape index (κ1) is 22.0. The van der Waals surface area contributed by atoms with Gasteiger partial charge in [-0.05, 0) is 55.5 Å². The van der Waals surface area contributed by atoms with Crippen molar-refractivity contribution in [2.24, 2.45) is 5.73 Å². The zero-order chi connectivity index (χ0) is 22.7. The third-order valence-electron chi connectivity index (χ3n) is 5.06. The fourth-order valence-corrected chi connectivity index (χ4v) is 5.62. The molecule has 2 aromatic heterocycles. The van der Waals surface area contributed by atoms with Gasteiger partial charge in [-0.3, -0.25) is 9.59 Å². The molecule has 0 spiro atoms. The van der Waals surface area contributed by atoms with E-state index in [1.807, 2.05) is 24.3 Å². The van der Waals surface area contributed by atoms with Gasteiger partial charge in [-0.15, -0.1) is 22.7 Å². The van der Waals surface area contributed by atoms with E-state index >= 15 is 0 Å². The number of rotatable bonds is 7. The number of primary amides is 1. The van der Waals surface area contributed by atoms with E-state index in [1.165, 1.54) is 22.7 Å². The van der Waals surface area contributed by atoms with Gasteiger partial charge in [-0.1, -0.05) is 0 Å². The number of carbonyl (C=O) groups excluding carboxylic acids is 3. The molecule has 0 saturated heterocycles. The number of ether oxygens (including phenoxy) is 2. The Kier molecular flexibility index (Phi) is 6.52. The molecular weight excluding hydrogens is 450 g/mol. The molecule has 1 aromatic carbocycles. The van der Waals surface area contributed by atoms with Crippen molar-refractivity contribution in [1.29, 1.82) is 0 Å². The van der Waals surface area contributed by atoms with Crippen LogP contribution in [0.3, 0.4) is 0 Å². The van der Waals surface area contributed by atoms with Gasteiger partial charge >= 0.3 is 5.97 Å². The normalized spacial score (nSPS) is 12.7. The molecule has 0 unspecified atom stereocenters. The van der Waals surface area contributed by atoms with E-state index in [4.69, 9.17) is 15.2 Å². The van der Waals surface area contributed by atoms with Crippen molar-refractivity contribution in [1.82, 2.24) is 4.98 Å². The van der Waals surface area contributed by atoms with Crippen molar-refractivity contribution in [3.63, 3.8) is 0 Å². The van der Waals surface area contributed by atoms with Crippen LogP contribution in [0.5, 0.6) is 5.75 Å². The number of methoxy groups -OCH3 is 1. The molecule has 1 aliphatic carbocycles. The van der Waals surface area contributed by atoms with Crippen LogP contribution in [-0.2, 0) is 22.4 Å². The highest BCUT2D eigenvalue weighted by Crippen LogP contribution is 2.37. The van der Waals surface area contributed by atoms with Gasteiger partial charge in [0, 0.05) is 15.8 Å². The van der Waals surface area contributed by atoms with Crippen LogP contribution in [0, 0.1) is 0 Å². The molecule has 3 N–H and O–H groups in total. The second-order valence-electron chi connectivity index (χ2n) is 7.17. The van der Waals surface area contributed by atoms with Crippen molar-refractivity contribution < 1.29 is 23.9 Å². The number of esters is 1. The maximum absolute atomic E-state index is 12.4. The minimum Gasteiger partial charge on any atom is -0.497 e. The molecular formula is C22H21N3O5S2. The van der Waals surface area contributed by atoms with E-state index in [1.54, 1.807) is 12.5 Å². The predicted octanol–water partition coefficient (Wildman–Crippen LogP) is 3.65. The van der Waals surface area contributed by atoms with Crippen molar-refractivity contribution in [3.05, 3.63) is 51.3 Å². The Labute approximate surface area is 192 Å². The molecule has 0 aliphatic heterocycles. The van der Waals surface area contributed by atoms with Gasteiger partial charge in [0.05, 0.1) is 12.7 Å². The lowest BCUT2D eigenvalue weighted by atomic mass is 9.95. The summed E-state index contributed by atoms with van der Waals surface area (Å²) in [5.74, 6) is -1.07. The summed E-state index contributed by atoms with van der Waals surface area (Å²) in [5.41, 5.74) is 7.80. The first-order valence-electron chi connectivity index (χ1n) is 9.97. The summed E-state index contributed by atoms with van der Waals surface area (Å²) in [6, 6.07) is 7.30. The summed E-state index contributed by atoms with van der Waals surface area (Å²) in [4.78, 5) is 42.0. The number of anilines is 1. The number of thiazole rings is 1. The number of benzene rings is 1. The number of amides is 2. The number of hydrogen-bond acceptors (Lipinski definition) is 8. The Bertz CT molecular complexity index is 1170. The average molecular weight is 472 g/mol. The van der Waals surface area contributed by atoms with E-state index in [-0.39, 0.29) is 5.69 Å². The zero-order valence-electron chi connectivity index (χ0n) is 17.3. The largest absolute Gasteiger partial charge is 0.497 e. The monoisotopic (exact) mass is 471 g/mol. The molecule has 0 radical (unpaired) electrons. The molecule has 0 bridgehead atoms. The van der Waals surface area contributed by atoms with Crippen LogP contribution in [0.2, 0.25) is 0 Å². The zero-order valence-corrected chi connectivity index (χ0v) is 18.9. The lowest BCUT2D eigenvalue weighted by Crippen LogP contribution is -2.23. The average Bonchev–Trinajstić information content (AvgIpc) is 3.42. The second kappa shape index (κ2) is 9.49. The van der Waals surface area contributed by atoms with Crippen molar-refractivity contribution in [2.45, 2.75) is 25.7 Å². The maximum atomic E-state index is 12.4. The van der Waals surface area contributed by atoms with Crippen LogP contribution < -0.4 is 15.8 Å². The van der Waals surface area contributed by atoms with E-state index in [0.717, 1.165) is 47.4 Å². The lowest BCUT2D eigenvalue weighted by molar-refractivity contribution is -0.119. The van der Waals surface area contributed by atoms with Gasteiger partial charge < -0.3 is 20.5 Å². The van der Waals surface area contributed by atoms with E-state index < -0.39 is 24.4 Å². The van der Waals surface area contributed by atoms with Crippen LogP contribution in [0.1, 0.15) is 44.1 Å². The Morgan fingerprint density at radius 3 is 2.62 bits per heavy atom. The SMILES string of the molecule is COc1ccc(-c2nc(C(=O)OCC(=O)Nc3sc4c(c3C(N)=O)CCCC4)cs2)cc1. The van der Waals surface area contributed by atoms with Gasteiger partial charge in [0.25, 0.3) is 11.8 Å². The van der Waals surface area contributed by atoms with Gasteiger partial charge in [0.15, 0.2) is 12.3 Å². The maximum Gasteiger partial charge on any atom is 0.358 e. The number of thiophene rings is 1. The Morgan fingerprint density at radius 2 is 1.91 bits per heavy atom. The van der Waals surface area contributed by atoms with Gasteiger partial charge in [-0.25, -0.2) is 9.78 Å². The van der Waals surface area contributed by atoms with E-state index in [9.17, 15) is 14.4 Å². The van der Waals surface area contributed by atoms with Gasteiger partial charge in [0.2, 0.25) is 0 Å². The van der Waals surface area contributed by atoms with Crippen molar-refractivity contribution in [2.75, 3.05) is 19.0 Å². The molecule has 32 heavy (non-hydrogen) atoms. The lowest BCUT2D eigenvalue weighted by Gasteiger charge is -2.11. The number of aromatic nitrogens is 1. The number of fused-ring (bicyclic) bond motifs is 1. The summed E-state index contributed by atoms with van der Waals surface area (Å²) in [5, 5.41) is 5.32. The molecule has 2 heterocycles. The minimum atomic E-state index is -0.697. The molecule has 8 nitrogen and oxygen atoms in total. The van der Waals surface area contributed by atoms with Crippen LogP contribution in [0.15, 0.2) is 29.6 Å². The molecule has 3 aromatic rings. The molecule has 0 fully saturated rings. The highest BCUT2D eigenvalue weighted by atomic mass is 32.1. The highest BCUT2D eigenvalue weighted by molar-refractivity contribution is 7.17. The number of aryl methyl sites for hydroxylation is 1. The second-order valence-corrected chi connectivity index (χ2v) is 9.13. The summed E-state index contributed by atoms with van der Waals surface area (Å²) in [6.07, 6.45) is 3.67. The van der Waals surface area contributed by atoms with Crippen LogP contribution in [0.4, 0.5) is 5.00 Å². The molecule has 2 amide bonds. The summed E-state index contributed by atoms with van der Waals surface area (Å²) >= 11 is 2.66. The van der Waals surface area contributed by atoms with Gasteiger partial charge in [0.1, 0.15) is 15.8 Å². The summed E-state index contributed by atoms with van der Waals surface area (Å²) in [7, 11) is 1.59. The number of nitrogens with one attached hydrogen (secondary N) is 1. The van der Waals surface area contributed by atoms with E-state index in [0.29, 0.717) is 15.6 Å². The van der Waals surface area contributed by atoms with Gasteiger partial charge in [-0.2, -0.15) is 0 Å². The number of hydrogen-bond donors (Lipinski definition) is 2. The number of nitrogens with two attached hydrogens (primary N) is 1. The first-order chi connectivity index (χ1) is 15.5. The molecule has 166 valence electrons. The standard InChI is InChI=1S/C22H21N3O5S2/c1-29-13-8-6-12(7-9-13)20-24-15(11-31-20)22(28)30-10-17(26)25-21-18(19(23)27)14-4-2-3-5-16(14)32-21/h6-9,11H,2-5,10H2,1H3,(H2,23,27)(H,25,26). The van der Waals surface area contributed by atoms with Crippen LogP contribution >= 0.6 is 22.7 Å². The quantitative estimate of drug-likeness (QED) is 0.508. The predicted molar refractivity (Wildman–Crippen MR) is 122 cm³/mol. The minimum absolute atomic E-state index is 0.123. The van der Waals surface area contributed by atoms with E-state index in [2.05, 4.69) is 10.3 Å². The molecule has 0 atom stereocenters. The van der Waals surface area contributed by atoms with Crippen molar-refractivity contribution in [3.8, 4) is 16.3 Å². The molecule has 0 saturated carbocycles. The third kappa shape index (κ3) is 4.66. The topological polar surface area (TPSA) is 121 Å². The Morgan fingerprint density at radius 1 is 1.16 bits per heavy atom. The Balaban J connectivity index is 1.37. The summed E-state index contributed by atoms with van der Waals surface area (Å²) < 4.78 is 10.2.